The van der Waals surface area contributed by atoms with E-state index in [0.717, 1.165) is 10.6 Å². The van der Waals surface area contributed by atoms with Gasteiger partial charge in [0.25, 0.3) is 0 Å². The first-order chi connectivity index (χ1) is 7.69. The molecule has 0 spiro atoms. The molecule has 1 fully saturated rings. The van der Waals surface area contributed by atoms with Gasteiger partial charge in [-0.05, 0) is 24.5 Å². The van der Waals surface area contributed by atoms with Crippen molar-refractivity contribution in [2.24, 2.45) is 0 Å². The van der Waals surface area contributed by atoms with Crippen molar-refractivity contribution in [3.05, 3.63) is 24.3 Å². The number of ether oxygens (including phenoxy) is 1. The Hall–Kier alpha value is -1.49. The Kier molecular flexibility index (Phi) is 3.14. The van der Waals surface area contributed by atoms with Crippen molar-refractivity contribution >= 4 is 29.4 Å². The minimum atomic E-state index is -0.495. The fourth-order valence-corrected chi connectivity index (χ4v) is 2.00. The van der Waals surface area contributed by atoms with Gasteiger partial charge in [0.15, 0.2) is 0 Å². The minimum Gasteiger partial charge on any atom is -0.390 e. The van der Waals surface area contributed by atoms with Gasteiger partial charge in [-0.3, -0.25) is 0 Å². The third-order valence-electron chi connectivity index (χ3n) is 2.29. The summed E-state index contributed by atoms with van der Waals surface area (Å²) >= 11 is 1.62. The first-order valence-corrected chi connectivity index (χ1v) is 6.04. The van der Waals surface area contributed by atoms with Gasteiger partial charge in [0, 0.05) is 10.6 Å². The van der Waals surface area contributed by atoms with Crippen molar-refractivity contribution in [1.82, 2.24) is 0 Å². The molecule has 2 rings (SSSR count). The lowest BCUT2D eigenvalue weighted by atomic mass is 10.2. The lowest BCUT2D eigenvalue weighted by molar-refractivity contribution is -0.160. The number of carbonyl (C=O) groups excluding carboxylic acids is 2. The molecule has 0 atom stereocenters. The van der Waals surface area contributed by atoms with Crippen LogP contribution in [0.5, 0.6) is 0 Å². The summed E-state index contributed by atoms with van der Waals surface area (Å²) < 4.78 is 4.47. The Labute approximate surface area is 97.6 Å². The average Bonchev–Trinajstić information content (AvgIpc) is 2.28. The van der Waals surface area contributed by atoms with E-state index in [9.17, 15) is 9.59 Å². The first kappa shape index (κ1) is 11.0. The standard InChI is InChI=1S/C11H11NO3S/c1-16-9-4-2-3-8(5-9)12-6-10(13)15-11(14)7-12/h2-5H,6-7H2,1H3. The van der Waals surface area contributed by atoms with Gasteiger partial charge in [0.05, 0.1) is 0 Å². The summed E-state index contributed by atoms with van der Waals surface area (Å²) in [6, 6.07) is 7.73. The van der Waals surface area contributed by atoms with E-state index in [2.05, 4.69) is 4.74 Å². The number of benzene rings is 1. The van der Waals surface area contributed by atoms with Gasteiger partial charge in [-0.1, -0.05) is 6.07 Å². The summed E-state index contributed by atoms with van der Waals surface area (Å²) in [6.07, 6.45) is 1.98. The van der Waals surface area contributed by atoms with Crippen LogP contribution < -0.4 is 4.90 Å². The van der Waals surface area contributed by atoms with Crippen molar-refractivity contribution in [2.45, 2.75) is 4.90 Å². The maximum Gasteiger partial charge on any atom is 0.333 e. The number of rotatable bonds is 2. The molecule has 0 bridgehead atoms. The van der Waals surface area contributed by atoms with E-state index in [1.807, 2.05) is 30.5 Å². The van der Waals surface area contributed by atoms with Gasteiger partial charge >= 0.3 is 11.9 Å². The van der Waals surface area contributed by atoms with Crippen LogP contribution in [-0.2, 0) is 14.3 Å². The topological polar surface area (TPSA) is 46.6 Å². The van der Waals surface area contributed by atoms with Crippen LogP contribution in [0.4, 0.5) is 5.69 Å². The second-order valence-corrected chi connectivity index (χ2v) is 4.28. The zero-order chi connectivity index (χ0) is 11.5. The SMILES string of the molecule is CSc1cccc(N2CC(=O)OC(=O)C2)c1. The number of thioether (sulfide) groups is 1. The van der Waals surface area contributed by atoms with Crippen molar-refractivity contribution in [3.8, 4) is 0 Å². The number of nitrogens with zero attached hydrogens (tertiary/aromatic N) is 1. The second-order valence-electron chi connectivity index (χ2n) is 3.40. The fraction of sp³-hybridized carbons (Fsp3) is 0.273. The summed E-state index contributed by atoms with van der Waals surface area (Å²) in [5.41, 5.74) is 0.872. The summed E-state index contributed by atoms with van der Waals surface area (Å²) in [4.78, 5) is 25.1. The molecular weight excluding hydrogens is 226 g/mol. The van der Waals surface area contributed by atoms with E-state index >= 15 is 0 Å². The molecular formula is C11H11NO3S. The van der Waals surface area contributed by atoms with Gasteiger partial charge in [-0.25, -0.2) is 9.59 Å². The number of morpholine rings is 1. The van der Waals surface area contributed by atoms with Crippen LogP contribution in [0.2, 0.25) is 0 Å². The van der Waals surface area contributed by atoms with Crippen molar-refractivity contribution in [3.63, 3.8) is 0 Å². The Morgan fingerprint density at radius 2 is 1.94 bits per heavy atom. The fourth-order valence-electron chi connectivity index (χ4n) is 1.55. The quantitative estimate of drug-likeness (QED) is 0.441. The summed E-state index contributed by atoms with van der Waals surface area (Å²) in [6.45, 7) is 0.257. The Balaban J connectivity index is 2.22. The highest BCUT2D eigenvalue weighted by Gasteiger charge is 2.24. The molecule has 4 nitrogen and oxygen atoms in total. The molecule has 0 amide bonds. The predicted octanol–water partition coefficient (Wildman–Crippen LogP) is 1.30. The number of hydrogen-bond acceptors (Lipinski definition) is 5. The van der Waals surface area contributed by atoms with Crippen LogP contribution in [0.15, 0.2) is 29.2 Å². The molecule has 1 aliphatic heterocycles. The number of hydrogen-bond donors (Lipinski definition) is 0. The molecule has 1 saturated heterocycles. The molecule has 1 heterocycles. The molecule has 1 aromatic rings. The number of anilines is 1. The van der Waals surface area contributed by atoms with Crippen LogP contribution in [0, 0.1) is 0 Å². The molecule has 0 radical (unpaired) electrons. The third kappa shape index (κ3) is 2.36. The molecule has 0 unspecified atom stereocenters. The Morgan fingerprint density at radius 3 is 2.56 bits per heavy atom. The predicted molar refractivity (Wildman–Crippen MR) is 61.5 cm³/mol. The van der Waals surface area contributed by atoms with E-state index in [-0.39, 0.29) is 13.1 Å². The van der Waals surface area contributed by atoms with Gasteiger partial charge in [-0.2, -0.15) is 0 Å². The molecule has 0 N–H and O–H groups in total. The van der Waals surface area contributed by atoms with Crippen molar-refractivity contribution in [1.29, 1.82) is 0 Å². The lowest BCUT2D eigenvalue weighted by Gasteiger charge is -2.26. The molecule has 16 heavy (non-hydrogen) atoms. The van der Waals surface area contributed by atoms with E-state index < -0.39 is 11.9 Å². The Bertz CT molecular complexity index is 417. The smallest absolute Gasteiger partial charge is 0.333 e. The van der Waals surface area contributed by atoms with Crippen LogP contribution in [0.1, 0.15) is 0 Å². The van der Waals surface area contributed by atoms with E-state index in [4.69, 9.17) is 0 Å². The van der Waals surface area contributed by atoms with Gasteiger partial charge in [0.1, 0.15) is 13.1 Å². The number of cyclic esters (lactones) is 2. The molecule has 0 aromatic heterocycles. The molecule has 0 saturated carbocycles. The highest BCUT2D eigenvalue weighted by molar-refractivity contribution is 7.98. The highest BCUT2D eigenvalue weighted by atomic mass is 32.2. The van der Waals surface area contributed by atoms with E-state index in [1.54, 1.807) is 16.7 Å². The molecule has 1 aliphatic rings. The maximum atomic E-state index is 11.1. The van der Waals surface area contributed by atoms with Gasteiger partial charge < -0.3 is 9.64 Å². The van der Waals surface area contributed by atoms with Gasteiger partial charge in [0.2, 0.25) is 0 Å². The molecule has 84 valence electrons. The normalized spacial score (nSPS) is 16.2. The molecule has 1 aromatic carbocycles. The zero-order valence-electron chi connectivity index (χ0n) is 8.80. The van der Waals surface area contributed by atoms with Gasteiger partial charge in [-0.15, -0.1) is 11.8 Å². The average molecular weight is 237 g/mol. The second kappa shape index (κ2) is 4.57. The van der Waals surface area contributed by atoms with E-state index in [0.29, 0.717) is 0 Å². The highest BCUT2D eigenvalue weighted by Crippen LogP contribution is 2.23. The van der Waals surface area contributed by atoms with Crippen LogP contribution in [-0.4, -0.2) is 31.3 Å². The van der Waals surface area contributed by atoms with Crippen LogP contribution in [0.3, 0.4) is 0 Å². The van der Waals surface area contributed by atoms with Crippen LogP contribution in [0.25, 0.3) is 0 Å². The minimum absolute atomic E-state index is 0.129. The monoisotopic (exact) mass is 237 g/mol. The Morgan fingerprint density at radius 1 is 1.25 bits per heavy atom. The summed E-state index contributed by atoms with van der Waals surface area (Å²) in [7, 11) is 0. The number of esters is 2. The molecule has 5 heteroatoms. The molecule has 0 aliphatic carbocycles. The van der Waals surface area contributed by atoms with Crippen LogP contribution >= 0.6 is 11.8 Å². The van der Waals surface area contributed by atoms with E-state index in [1.165, 1.54) is 0 Å². The third-order valence-corrected chi connectivity index (χ3v) is 3.01. The lowest BCUT2D eigenvalue weighted by Crippen LogP contribution is -2.42. The van der Waals surface area contributed by atoms with Crippen molar-refractivity contribution in [2.75, 3.05) is 24.2 Å². The van der Waals surface area contributed by atoms with Crippen molar-refractivity contribution < 1.29 is 14.3 Å². The maximum absolute atomic E-state index is 11.1. The summed E-state index contributed by atoms with van der Waals surface area (Å²) in [5.74, 6) is -0.989. The first-order valence-electron chi connectivity index (χ1n) is 4.81. The number of carbonyl (C=O) groups is 2. The zero-order valence-corrected chi connectivity index (χ0v) is 9.62. The largest absolute Gasteiger partial charge is 0.390 e. The summed E-state index contributed by atoms with van der Waals surface area (Å²) in [5, 5.41) is 0.